The molecule has 1 heterocycles. The summed E-state index contributed by atoms with van der Waals surface area (Å²) in [6.45, 7) is -0.0323. The average molecular weight is 387 g/mol. The van der Waals surface area contributed by atoms with Gasteiger partial charge in [0.1, 0.15) is 18.6 Å². The van der Waals surface area contributed by atoms with E-state index in [1.165, 1.54) is 12.5 Å². The number of carbonyl (C=O) groups excluding carboxylic acids is 1. The Morgan fingerprint density at radius 3 is 2.74 bits per heavy atom. The van der Waals surface area contributed by atoms with E-state index in [2.05, 4.69) is 36.9 Å². The van der Waals surface area contributed by atoms with Crippen LogP contribution in [0.2, 0.25) is 0 Å². The van der Waals surface area contributed by atoms with Gasteiger partial charge < -0.3 is 9.52 Å². The van der Waals surface area contributed by atoms with Crippen molar-refractivity contribution < 1.29 is 14.3 Å². The molecule has 0 spiro atoms. The molecular weight excluding hydrogens is 378 g/mol. The fourth-order valence-electron chi connectivity index (χ4n) is 1.39. The monoisotopic (exact) mass is 385 g/mol. The Morgan fingerprint density at radius 2 is 2.11 bits per heavy atom. The number of halogens is 2. The molecule has 0 saturated heterocycles. The Morgan fingerprint density at radius 1 is 1.32 bits per heavy atom. The van der Waals surface area contributed by atoms with Crippen LogP contribution in [0.15, 0.2) is 48.9 Å². The zero-order chi connectivity index (χ0) is 13.8. The Bertz CT molecular complexity index is 635. The van der Waals surface area contributed by atoms with Gasteiger partial charge in [-0.15, -0.1) is 0 Å². The van der Waals surface area contributed by atoms with E-state index in [0.717, 1.165) is 4.47 Å². The van der Waals surface area contributed by atoms with E-state index >= 15 is 0 Å². The van der Waals surface area contributed by atoms with E-state index in [4.69, 9.17) is 4.42 Å². The number of ketones is 1. The highest BCUT2D eigenvalue weighted by Gasteiger charge is 2.09. The summed E-state index contributed by atoms with van der Waals surface area (Å²) in [6, 6.07) is 6.64. The molecule has 0 atom stereocenters. The molecule has 0 saturated carbocycles. The summed E-state index contributed by atoms with van der Waals surface area (Å²) < 4.78 is 6.53. The minimum atomic E-state index is -0.224. The van der Waals surface area contributed by atoms with Crippen LogP contribution in [-0.2, 0) is 0 Å². The molecule has 6 heteroatoms. The summed E-state index contributed by atoms with van der Waals surface area (Å²) in [5, 5.41) is 9.65. The van der Waals surface area contributed by atoms with Crippen molar-refractivity contribution in [1.82, 2.24) is 0 Å². The largest absolute Gasteiger partial charge is 0.507 e. The molecule has 98 valence electrons. The fraction of sp³-hybridized carbons (Fsp3) is 0.0769. The maximum absolute atomic E-state index is 11.7. The highest BCUT2D eigenvalue weighted by atomic mass is 79.9. The minimum absolute atomic E-state index is 0.0323. The molecule has 19 heavy (non-hydrogen) atoms. The van der Waals surface area contributed by atoms with E-state index in [1.807, 2.05) is 0 Å². The average Bonchev–Trinajstić information content (AvgIpc) is 2.78. The van der Waals surface area contributed by atoms with E-state index < -0.39 is 0 Å². The quantitative estimate of drug-likeness (QED) is 0.641. The molecule has 0 bridgehead atoms. The van der Waals surface area contributed by atoms with Crippen molar-refractivity contribution in [2.75, 3.05) is 6.54 Å². The zero-order valence-electron chi connectivity index (χ0n) is 9.64. The summed E-state index contributed by atoms with van der Waals surface area (Å²) in [5.74, 6) is 0.133. The number of hydrogen-bond acceptors (Lipinski definition) is 4. The SMILES string of the molecule is O=C(CN=Cc1ccc(Br)cc1O)c1cc(Br)co1. The number of carbonyl (C=O) groups is 1. The van der Waals surface area contributed by atoms with Gasteiger partial charge >= 0.3 is 0 Å². The number of rotatable bonds is 4. The Labute approximate surface area is 126 Å². The van der Waals surface area contributed by atoms with Crippen LogP contribution in [0.3, 0.4) is 0 Å². The van der Waals surface area contributed by atoms with E-state index in [1.54, 1.807) is 24.3 Å². The first-order chi connectivity index (χ1) is 9.06. The van der Waals surface area contributed by atoms with Gasteiger partial charge in [0.15, 0.2) is 5.76 Å². The van der Waals surface area contributed by atoms with Gasteiger partial charge in [-0.05, 0) is 34.1 Å². The van der Waals surface area contributed by atoms with Gasteiger partial charge in [0.25, 0.3) is 0 Å². The number of Topliss-reactive ketones (excluding diaryl/α,β-unsaturated/α-hetero) is 1. The van der Waals surface area contributed by atoms with Crippen LogP contribution >= 0.6 is 31.9 Å². The molecular formula is C13H9Br2NO3. The summed E-state index contributed by atoms with van der Waals surface area (Å²) in [4.78, 5) is 15.7. The zero-order valence-corrected chi connectivity index (χ0v) is 12.8. The number of furan rings is 1. The van der Waals surface area contributed by atoms with Crippen LogP contribution < -0.4 is 0 Å². The predicted octanol–water partition coefficient (Wildman–Crippen LogP) is 3.81. The van der Waals surface area contributed by atoms with Crippen molar-refractivity contribution in [3.05, 3.63) is 50.8 Å². The molecule has 0 fully saturated rings. The Kier molecular flexibility index (Phi) is 4.55. The van der Waals surface area contributed by atoms with Crippen LogP contribution in [0, 0.1) is 0 Å². The van der Waals surface area contributed by atoms with Crippen LogP contribution in [0.1, 0.15) is 16.1 Å². The molecule has 1 aromatic carbocycles. The van der Waals surface area contributed by atoms with Gasteiger partial charge in [-0.3, -0.25) is 9.79 Å². The molecule has 0 radical (unpaired) electrons. The summed E-state index contributed by atoms with van der Waals surface area (Å²) in [6.07, 6.45) is 2.90. The lowest BCUT2D eigenvalue weighted by atomic mass is 10.2. The number of nitrogens with zero attached hydrogens (tertiary/aromatic N) is 1. The van der Waals surface area contributed by atoms with Crippen LogP contribution in [0.5, 0.6) is 5.75 Å². The van der Waals surface area contributed by atoms with Crippen molar-refractivity contribution in [2.45, 2.75) is 0 Å². The second-order valence-electron chi connectivity index (χ2n) is 3.73. The van der Waals surface area contributed by atoms with E-state index in [-0.39, 0.29) is 23.8 Å². The first-order valence-electron chi connectivity index (χ1n) is 5.32. The third kappa shape index (κ3) is 3.78. The second kappa shape index (κ2) is 6.16. The normalized spacial score (nSPS) is 11.1. The topological polar surface area (TPSA) is 62.8 Å². The van der Waals surface area contributed by atoms with Gasteiger partial charge in [-0.1, -0.05) is 15.9 Å². The predicted molar refractivity (Wildman–Crippen MR) is 79.0 cm³/mol. The van der Waals surface area contributed by atoms with Crippen LogP contribution in [-0.4, -0.2) is 23.6 Å². The second-order valence-corrected chi connectivity index (χ2v) is 5.56. The van der Waals surface area contributed by atoms with Gasteiger partial charge in [0.05, 0.1) is 4.47 Å². The van der Waals surface area contributed by atoms with Gasteiger partial charge in [-0.25, -0.2) is 0 Å². The minimum Gasteiger partial charge on any atom is -0.507 e. The molecule has 4 nitrogen and oxygen atoms in total. The number of phenols is 1. The summed E-state index contributed by atoms with van der Waals surface area (Å²) in [5.41, 5.74) is 0.552. The lowest BCUT2D eigenvalue weighted by Gasteiger charge is -1.98. The standard InChI is InChI=1S/C13H9Br2NO3/c14-9-2-1-8(11(17)3-9)5-16-6-12(18)13-4-10(15)7-19-13/h1-5,7,17H,6H2. The third-order valence-corrected chi connectivity index (χ3v) is 3.21. The molecule has 0 aliphatic rings. The van der Waals surface area contributed by atoms with Crippen molar-refractivity contribution in [1.29, 1.82) is 0 Å². The number of hydrogen-bond donors (Lipinski definition) is 1. The Hall–Kier alpha value is -1.40. The first kappa shape index (κ1) is 14.0. The molecule has 0 aliphatic heterocycles. The Balaban J connectivity index is 2.02. The lowest BCUT2D eigenvalue weighted by molar-refractivity contribution is 0.0976. The molecule has 1 aromatic heterocycles. The van der Waals surface area contributed by atoms with Crippen molar-refractivity contribution >= 4 is 43.9 Å². The molecule has 1 N–H and O–H groups in total. The summed E-state index contributed by atoms with van der Waals surface area (Å²) >= 11 is 6.44. The van der Waals surface area contributed by atoms with Gasteiger partial charge in [0.2, 0.25) is 5.78 Å². The molecule has 0 amide bonds. The maximum Gasteiger partial charge on any atom is 0.219 e. The number of benzene rings is 1. The molecule has 0 aliphatic carbocycles. The molecule has 2 aromatic rings. The van der Waals surface area contributed by atoms with Gasteiger partial charge in [-0.2, -0.15) is 0 Å². The highest BCUT2D eigenvalue weighted by molar-refractivity contribution is 9.10. The number of aromatic hydroxyl groups is 1. The lowest BCUT2D eigenvalue weighted by Crippen LogP contribution is -2.01. The summed E-state index contributed by atoms with van der Waals surface area (Å²) in [7, 11) is 0. The van der Waals surface area contributed by atoms with E-state index in [0.29, 0.717) is 10.0 Å². The molecule has 0 unspecified atom stereocenters. The van der Waals surface area contributed by atoms with Crippen molar-refractivity contribution in [3.8, 4) is 5.75 Å². The smallest absolute Gasteiger partial charge is 0.219 e. The van der Waals surface area contributed by atoms with Crippen LogP contribution in [0.4, 0.5) is 0 Å². The van der Waals surface area contributed by atoms with E-state index in [9.17, 15) is 9.90 Å². The van der Waals surface area contributed by atoms with Crippen molar-refractivity contribution in [3.63, 3.8) is 0 Å². The van der Waals surface area contributed by atoms with Gasteiger partial charge in [0, 0.05) is 22.3 Å². The molecule has 2 rings (SSSR count). The van der Waals surface area contributed by atoms with Crippen molar-refractivity contribution in [2.24, 2.45) is 4.99 Å². The number of aliphatic imine (C=N–C) groups is 1. The fourth-order valence-corrected chi connectivity index (χ4v) is 2.04. The highest BCUT2D eigenvalue weighted by Crippen LogP contribution is 2.20. The van der Waals surface area contributed by atoms with Crippen LogP contribution in [0.25, 0.3) is 0 Å². The maximum atomic E-state index is 11.7. The third-order valence-electron chi connectivity index (χ3n) is 2.30. The first-order valence-corrected chi connectivity index (χ1v) is 6.90. The number of phenolic OH excluding ortho intramolecular Hbond substituents is 1.